The van der Waals surface area contributed by atoms with E-state index in [0.29, 0.717) is 6.42 Å². The fraction of sp³-hybridized carbons (Fsp3) is 0.278. The first kappa shape index (κ1) is 29.7. The Morgan fingerprint density at radius 3 is 2.88 bits per heavy atom. The summed E-state index contributed by atoms with van der Waals surface area (Å²) in [6.07, 6.45) is 22.2. The quantitative estimate of drug-likeness (QED) is 0.210. The molecule has 1 fully saturated rings. The number of rotatable bonds is 8. The molecule has 41 heavy (non-hydrogen) atoms. The van der Waals surface area contributed by atoms with Crippen molar-refractivity contribution in [2.24, 2.45) is 4.99 Å². The van der Waals surface area contributed by atoms with E-state index in [4.69, 9.17) is 9.98 Å². The lowest BCUT2D eigenvalue weighted by Gasteiger charge is -2.26. The summed E-state index contributed by atoms with van der Waals surface area (Å²) in [5, 5.41) is 3.40. The third kappa shape index (κ3) is 8.11. The van der Waals surface area contributed by atoms with Crippen molar-refractivity contribution in [2.45, 2.75) is 40.5 Å². The number of pyridine rings is 2. The van der Waals surface area contributed by atoms with Crippen LogP contribution in [0.4, 0.5) is 0 Å². The minimum absolute atomic E-state index is 0.705. The molecule has 2 aromatic heterocycles. The molecule has 0 radical (unpaired) electrons. The van der Waals surface area contributed by atoms with E-state index in [1.165, 1.54) is 11.3 Å². The SMILES string of the molecule is C=C(CC=C=C1CNCCN1C)c1cnc2ccc(/C(C)=C(/N=C(C)/C=C\C=C/C)C3=CC=CC(C)=CC3)nc2c1. The first-order valence-corrected chi connectivity index (χ1v) is 14.3. The first-order chi connectivity index (χ1) is 19.9. The minimum Gasteiger partial charge on any atom is -0.369 e. The number of hydrogen-bond acceptors (Lipinski definition) is 5. The summed E-state index contributed by atoms with van der Waals surface area (Å²) in [5.41, 5.74) is 14.5. The average molecular weight is 544 g/mol. The molecular formula is C36H41N5. The molecule has 1 N–H and O–H groups in total. The molecule has 0 aromatic carbocycles. The van der Waals surface area contributed by atoms with E-state index in [1.807, 2.05) is 56.5 Å². The minimum atomic E-state index is 0.705. The van der Waals surface area contributed by atoms with Gasteiger partial charge in [0.15, 0.2) is 0 Å². The molecule has 0 saturated carbocycles. The van der Waals surface area contributed by atoms with Crippen molar-refractivity contribution >= 4 is 27.9 Å². The van der Waals surface area contributed by atoms with Crippen LogP contribution in [0.1, 0.15) is 51.8 Å². The van der Waals surface area contributed by atoms with Gasteiger partial charge >= 0.3 is 0 Å². The Morgan fingerprint density at radius 2 is 2.07 bits per heavy atom. The Hall–Kier alpha value is -4.31. The van der Waals surface area contributed by atoms with Gasteiger partial charge in [-0.15, -0.1) is 5.73 Å². The monoisotopic (exact) mass is 543 g/mol. The van der Waals surface area contributed by atoms with Gasteiger partial charge in [-0.2, -0.15) is 0 Å². The number of nitrogens with zero attached hydrogens (tertiary/aromatic N) is 4. The molecule has 3 heterocycles. The second-order valence-corrected chi connectivity index (χ2v) is 10.5. The molecule has 0 atom stereocenters. The zero-order chi connectivity index (χ0) is 29.2. The summed E-state index contributed by atoms with van der Waals surface area (Å²) in [6.45, 7) is 15.4. The number of allylic oxidation sites excluding steroid dienone is 12. The normalized spacial score (nSPS) is 17.0. The van der Waals surface area contributed by atoms with Gasteiger partial charge < -0.3 is 10.2 Å². The standard InChI is InChI=1S/C36H41N5/c1-7-8-9-14-28(4)39-36(30-15-10-12-26(2)17-18-30)29(5)33-19-20-34-35(40-33)23-31(24-38-34)27(3)13-11-16-32-25-37-21-22-41(32)6/h7-12,14-15,17,19-20,23-24,37H,3,13,18,21-22,25H2,1-2,4-6H3/b8-7-,14-9-,36-29+,39-28+. The van der Waals surface area contributed by atoms with Crippen molar-refractivity contribution in [3.63, 3.8) is 0 Å². The summed E-state index contributed by atoms with van der Waals surface area (Å²) in [5.74, 6) is 0. The topological polar surface area (TPSA) is 53.4 Å². The van der Waals surface area contributed by atoms with Crippen molar-refractivity contribution in [2.75, 3.05) is 26.7 Å². The van der Waals surface area contributed by atoms with Crippen molar-refractivity contribution < 1.29 is 0 Å². The van der Waals surface area contributed by atoms with Gasteiger partial charge in [0.2, 0.25) is 0 Å². The van der Waals surface area contributed by atoms with E-state index < -0.39 is 0 Å². The van der Waals surface area contributed by atoms with Gasteiger partial charge in [0, 0.05) is 44.2 Å². The molecule has 0 unspecified atom stereocenters. The molecule has 5 nitrogen and oxygen atoms in total. The molecule has 1 aliphatic heterocycles. The lowest BCUT2D eigenvalue weighted by Crippen LogP contribution is -2.39. The number of hydrogen-bond donors (Lipinski definition) is 1. The van der Waals surface area contributed by atoms with Crippen LogP contribution in [0.2, 0.25) is 0 Å². The summed E-state index contributed by atoms with van der Waals surface area (Å²) in [4.78, 5) is 17.1. The highest BCUT2D eigenvalue weighted by molar-refractivity contribution is 5.95. The highest BCUT2D eigenvalue weighted by atomic mass is 15.2. The van der Waals surface area contributed by atoms with E-state index in [1.54, 1.807) is 0 Å². The van der Waals surface area contributed by atoms with Gasteiger partial charge in [-0.1, -0.05) is 54.7 Å². The molecular weight excluding hydrogens is 502 g/mol. The fourth-order valence-electron chi connectivity index (χ4n) is 4.64. The largest absolute Gasteiger partial charge is 0.369 e. The van der Waals surface area contributed by atoms with Gasteiger partial charge in [-0.05, 0) is 87.6 Å². The van der Waals surface area contributed by atoms with Gasteiger partial charge in [0.1, 0.15) is 0 Å². The third-order valence-corrected chi connectivity index (χ3v) is 7.21. The van der Waals surface area contributed by atoms with Crippen molar-refractivity contribution in [1.29, 1.82) is 0 Å². The Bertz CT molecular complexity index is 1580. The highest BCUT2D eigenvalue weighted by Crippen LogP contribution is 2.29. The summed E-state index contributed by atoms with van der Waals surface area (Å²) >= 11 is 0. The van der Waals surface area contributed by atoms with Crippen LogP contribution in [0, 0.1) is 0 Å². The Morgan fingerprint density at radius 1 is 1.22 bits per heavy atom. The molecule has 5 heteroatoms. The predicted octanol–water partition coefficient (Wildman–Crippen LogP) is 7.76. The summed E-state index contributed by atoms with van der Waals surface area (Å²) in [7, 11) is 2.11. The van der Waals surface area contributed by atoms with Gasteiger partial charge in [-0.3, -0.25) is 9.98 Å². The zero-order valence-electron chi connectivity index (χ0n) is 25.0. The Labute approximate surface area is 245 Å². The number of likely N-dealkylation sites (N-methyl/N-ethyl adjacent to an activating group) is 1. The first-order valence-electron chi connectivity index (χ1n) is 14.3. The van der Waals surface area contributed by atoms with Gasteiger partial charge in [0.25, 0.3) is 0 Å². The molecule has 0 amide bonds. The number of aliphatic imine (C=N–C) groups is 1. The van der Waals surface area contributed by atoms with Crippen LogP contribution < -0.4 is 5.32 Å². The molecule has 1 aliphatic carbocycles. The van der Waals surface area contributed by atoms with E-state index >= 15 is 0 Å². The van der Waals surface area contributed by atoms with Crippen molar-refractivity contribution in [3.8, 4) is 0 Å². The van der Waals surface area contributed by atoms with Crippen LogP contribution >= 0.6 is 0 Å². The number of fused-ring (bicyclic) bond motifs is 1. The maximum absolute atomic E-state index is 5.07. The average Bonchev–Trinajstić information content (AvgIpc) is 3.20. The highest BCUT2D eigenvalue weighted by Gasteiger charge is 2.13. The van der Waals surface area contributed by atoms with E-state index in [9.17, 15) is 0 Å². The molecule has 4 rings (SSSR count). The summed E-state index contributed by atoms with van der Waals surface area (Å²) < 4.78 is 0. The van der Waals surface area contributed by atoms with Crippen LogP contribution in [0.5, 0.6) is 0 Å². The van der Waals surface area contributed by atoms with Crippen LogP contribution in [-0.4, -0.2) is 47.3 Å². The fourth-order valence-corrected chi connectivity index (χ4v) is 4.64. The van der Waals surface area contributed by atoms with Gasteiger partial charge in [0.05, 0.1) is 28.1 Å². The summed E-state index contributed by atoms with van der Waals surface area (Å²) in [6, 6.07) is 6.16. The van der Waals surface area contributed by atoms with E-state index in [-0.39, 0.29) is 0 Å². The molecule has 0 bridgehead atoms. The smallest absolute Gasteiger partial charge is 0.0900 e. The van der Waals surface area contributed by atoms with Crippen molar-refractivity contribution in [1.82, 2.24) is 20.2 Å². The van der Waals surface area contributed by atoms with E-state index in [2.05, 4.69) is 84.9 Å². The molecule has 1 saturated heterocycles. The molecule has 2 aliphatic rings. The number of aromatic nitrogens is 2. The second kappa shape index (κ2) is 14.4. The van der Waals surface area contributed by atoms with Crippen molar-refractivity contribution in [3.05, 3.63) is 125 Å². The molecule has 0 spiro atoms. The lowest BCUT2D eigenvalue weighted by atomic mass is 10.0. The number of piperazine rings is 1. The van der Waals surface area contributed by atoms with Crippen LogP contribution in [0.25, 0.3) is 22.2 Å². The van der Waals surface area contributed by atoms with Gasteiger partial charge in [-0.25, -0.2) is 4.98 Å². The Balaban J connectivity index is 1.68. The maximum Gasteiger partial charge on any atom is 0.0900 e. The van der Waals surface area contributed by atoms with Crippen LogP contribution in [0.3, 0.4) is 0 Å². The van der Waals surface area contributed by atoms with Crippen LogP contribution in [0.15, 0.2) is 119 Å². The zero-order valence-corrected chi connectivity index (χ0v) is 25.0. The second-order valence-electron chi connectivity index (χ2n) is 10.5. The molecule has 210 valence electrons. The van der Waals surface area contributed by atoms with Crippen LogP contribution in [-0.2, 0) is 0 Å². The van der Waals surface area contributed by atoms with E-state index in [0.717, 1.165) is 76.5 Å². The molecule has 2 aromatic rings. The lowest BCUT2D eigenvalue weighted by molar-refractivity contribution is 0.359. The predicted molar refractivity (Wildman–Crippen MR) is 176 cm³/mol. The third-order valence-electron chi connectivity index (χ3n) is 7.21. The Kier molecular flexibility index (Phi) is 10.4. The maximum atomic E-state index is 5.07. The number of nitrogens with one attached hydrogen (secondary N) is 1.